The first-order valence-electron chi connectivity index (χ1n) is 4.20. The number of azide groups is 1. The van der Waals surface area contributed by atoms with Crippen molar-refractivity contribution in [1.29, 1.82) is 0 Å². The van der Waals surface area contributed by atoms with E-state index in [-0.39, 0.29) is 6.54 Å². The first-order valence-corrected chi connectivity index (χ1v) is 5.68. The minimum Gasteiger partial charge on any atom is -0.214 e. The van der Waals surface area contributed by atoms with Crippen molar-refractivity contribution < 1.29 is 21.6 Å². The van der Waals surface area contributed by atoms with E-state index in [1.807, 2.05) is 0 Å². The number of rotatable bonds is 3. The van der Waals surface area contributed by atoms with E-state index < -0.39 is 20.2 Å². The van der Waals surface area contributed by atoms with Crippen LogP contribution in [0.3, 0.4) is 0 Å². The average molecular weight is 265 g/mol. The Morgan fingerprint density at radius 3 is 2.18 bits per heavy atom. The van der Waals surface area contributed by atoms with Crippen molar-refractivity contribution in [2.75, 3.05) is 0 Å². The number of nitrogens with zero attached hydrogens (tertiary/aromatic N) is 3. The highest BCUT2D eigenvalue weighted by atomic mass is 32.2. The largest absolute Gasteiger partial charge is 0.501 e. The van der Waals surface area contributed by atoms with Gasteiger partial charge < -0.3 is 0 Å². The molecule has 0 amide bonds. The molecule has 1 aromatic rings. The summed E-state index contributed by atoms with van der Waals surface area (Å²) in [7, 11) is -5.32. The topological polar surface area (TPSA) is 82.9 Å². The standard InChI is InChI=1S/C8H6F3N3O2S/c9-8(10,11)17(15,16)7-3-1-6(2-4-7)5-13-14-12/h1-4H,5H2. The Morgan fingerprint density at radius 2 is 1.76 bits per heavy atom. The number of benzene rings is 1. The third-order valence-electron chi connectivity index (χ3n) is 1.85. The molecule has 0 saturated carbocycles. The maximum atomic E-state index is 12.2. The van der Waals surface area contributed by atoms with Gasteiger partial charge in [-0.25, -0.2) is 8.42 Å². The Balaban J connectivity index is 3.07. The molecule has 9 heteroatoms. The minimum absolute atomic E-state index is 0.0527. The molecule has 0 aliphatic carbocycles. The van der Waals surface area contributed by atoms with Gasteiger partial charge in [0, 0.05) is 4.91 Å². The van der Waals surface area contributed by atoms with E-state index in [0.717, 1.165) is 24.3 Å². The fourth-order valence-corrected chi connectivity index (χ4v) is 1.78. The maximum absolute atomic E-state index is 12.2. The van der Waals surface area contributed by atoms with Crippen molar-refractivity contribution in [2.24, 2.45) is 5.11 Å². The highest BCUT2D eigenvalue weighted by Gasteiger charge is 2.46. The molecule has 5 nitrogen and oxygen atoms in total. The van der Waals surface area contributed by atoms with E-state index in [9.17, 15) is 21.6 Å². The number of halogens is 3. The Labute approximate surface area is 94.4 Å². The lowest BCUT2D eigenvalue weighted by Gasteiger charge is -2.08. The molecule has 0 bridgehead atoms. The van der Waals surface area contributed by atoms with Crippen molar-refractivity contribution in [3.63, 3.8) is 0 Å². The van der Waals surface area contributed by atoms with Crippen molar-refractivity contribution in [3.05, 3.63) is 40.3 Å². The number of alkyl halides is 3. The van der Waals surface area contributed by atoms with Gasteiger partial charge in [0.1, 0.15) is 0 Å². The van der Waals surface area contributed by atoms with Crippen LogP contribution < -0.4 is 0 Å². The molecule has 92 valence electrons. The number of sulfone groups is 1. The second kappa shape index (κ2) is 4.64. The molecule has 0 atom stereocenters. The van der Waals surface area contributed by atoms with Gasteiger partial charge in [0.05, 0.1) is 11.4 Å². The molecular formula is C8H6F3N3O2S. The fraction of sp³-hybridized carbons (Fsp3) is 0.250. The highest BCUT2D eigenvalue weighted by Crippen LogP contribution is 2.30. The van der Waals surface area contributed by atoms with E-state index in [4.69, 9.17) is 5.53 Å². The molecule has 0 aliphatic heterocycles. The van der Waals surface area contributed by atoms with Crippen LogP contribution in [0.2, 0.25) is 0 Å². The number of hydrogen-bond donors (Lipinski definition) is 0. The Kier molecular flexibility index (Phi) is 3.64. The molecule has 0 aromatic heterocycles. The Bertz CT molecular complexity index is 544. The quantitative estimate of drug-likeness (QED) is 0.478. The van der Waals surface area contributed by atoms with Crippen LogP contribution in [0.5, 0.6) is 0 Å². The zero-order valence-electron chi connectivity index (χ0n) is 8.22. The fourth-order valence-electron chi connectivity index (χ4n) is 1.02. The molecule has 0 aliphatic rings. The normalized spacial score (nSPS) is 11.9. The van der Waals surface area contributed by atoms with Gasteiger partial charge in [-0.1, -0.05) is 17.2 Å². The van der Waals surface area contributed by atoms with Crippen molar-refractivity contribution in [1.82, 2.24) is 0 Å². The second-order valence-corrected chi connectivity index (χ2v) is 4.92. The van der Waals surface area contributed by atoms with Gasteiger partial charge in [0.2, 0.25) is 0 Å². The SMILES string of the molecule is [N-]=[N+]=NCc1ccc(S(=O)(=O)C(F)(F)F)cc1. The summed E-state index contributed by atoms with van der Waals surface area (Å²) in [6.45, 7) is -0.0527. The van der Waals surface area contributed by atoms with E-state index >= 15 is 0 Å². The van der Waals surface area contributed by atoms with Gasteiger partial charge in [-0.2, -0.15) is 13.2 Å². The summed E-state index contributed by atoms with van der Waals surface area (Å²) in [6, 6.07) is 3.97. The smallest absolute Gasteiger partial charge is 0.214 e. The molecule has 17 heavy (non-hydrogen) atoms. The molecule has 0 unspecified atom stereocenters. The molecule has 0 heterocycles. The lowest BCUT2D eigenvalue weighted by molar-refractivity contribution is -0.0436. The van der Waals surface area contributed by atoms with Gasteiger partial charge in [-0.15, -0.1) is 0 Å². The molecule has 0 saturated heterocycles. The van der Waals surface area contributed by atoms with E-state index in [1.165, 1.54) is 0 Å². The molecule has 0 N–H and O–H groups in total. The van der Waals surface area contributed by atoms with Gasteiger partial charge in [-0.3, -0.25) is 0 Å². The van der Waals surface area contributed by atoms with E-state index in [2.05, 4.69) is 10.0 Å². The summed E-state index contributed by atoms with van der Waals surface area (Å²) in [6.07, 6.45) is 0. The summed E-state index contributed by atoms with van der Waals surface area (Å²) in [4.78, 5) is 1.63. The predicted molar refractivity (Wildman–Crippen MR) is 52.5 cm³/mol. The number of hydrogen-bond acceptors (Lipinski definition) is 3. The first kappa shape index (κ1) is 13.3. The van der Waals surface area contributed by atoms with Crippen LogP contribution >= 0.6 is 0 Å². The van der Waals surface area contributed by atoms with Crippen LogP contribution in [0.15, 0.2) is 34.3 Å². The molecule has 0 radical (unpaired) electrons. The molecule has 1 rings (SSSR count). The van der Waals surface area contributed by atoms with Crippen LogP contribution in [0.25, 0.3) is 10.4 Å². The lowest BCUT2D eigenvalue weighted by Crippen LogP contribution is -2.23. The zero-order chi connectivity index (χ0) is 13.1. The van der Waals surface area contributed by atoms with Crippen molar-refractivity contribution in [2.45, 2.75) is 16.9 Å². The van der Waals surface area contributed by atoms with Gasteiger partial charge in [-0.05, 0) is 23.2 Å². The van der Waals surface area contributed by atoms with Crippen LogP contribution in [0.1, 0.15) is 5.56 Å². The third-order valence-corrected chi connectivity index (χ3v) is 3.36. The lowest BCUT2D eigenvalue weighted by atomic mass is 10.2. The minimum atomic E-state index is -5.32. The molecule has 0 spiro atoms. The average Bonchev–Trinajstić information content (AvgIpc) is 2.25. The van der Waals surface area contributed by atoms with Gasteiger partial charge in [0.25, 0.3) is 9.84 Å². The monoisotopic (exact) mass is 265 g/mol. The predicted octanol–water partition coefficient (Wildman–Crippen LogP) is 2.79. The second-order valence-electron chi connectivity index (χ2n) is 2.98. The summed E-state index contributed by atoms with van der Waals surface area (Å²) in [5.74, 6) is 0. The van der Waals surface area contributed by atoms with Gasteiger partial charge in [0.15, 0.2) is 0 Å². The van der Waals surface area contributed by atoms with Crippen LogP contribution in [-0.2, 0) is 16.4 Å². The zero-order valence-corrected chi connectivity index (χ0v) is 9.03. The highest BCUT2D eigenvalue weighted by molar-refractivity contribution is 7.92. The molecule has 0 fully saturated rings. The summed E-state index contributed by atoms with van der Waals surface area (Å²) < 4.78 is 58.4. The third kappa shape index (κ3) is 2.89. The van der Waals surface area contributed by atoms with E-state index in [0.29, 0.717) is 5.56 Å². The summed E-state index contributed by atoms with van der Waals surface area (Å²) in [5.41, 5.74) is 3.13. The summed E-state index contributed by atoms with van der Waals surface area (Å²) in [5, 5.41) is 3.19. The van der Waals surface area contributed by atoms with Gasteiger partial charge >= 0.3 is 5.51 Å². The van der Waals surface area contributed by atoms with Crippen LogP contribution in [-0.4, -0.2) is 13.9 Å². The van der Waals surface area contributed by atoms with E-state index in [1.54, 1.807) is 0 Å². The first-order chi connectivity index (χ1) is 7.79. The van der Waals surface area contributed by atoms with Crippen molar-refractivity contribution in [3.8, 4) is 0 Å². The van der Waals surface area contributed by atoms with Crippen LogP contribution in [0, 0.1) is 0 Å². The Morgan fingerprint density at radius 1 is 1.24 bits per heavy atom. The van der Waals surface area contributed by atoms with Crippen LogP contribution in [0.4, 0.5) is 13.2 Å². The summed E-state index contributed by atoms with van der Waals surface area (Å²) >= 11 is 0. The Hall–Kier alpha value is -1.73. The maximum Gasteiger partial charge on any atom is 0.501 e. The van der Waals surface area contributed by atoms with Crippen molar-refractivity contribution >= 4 is 9.84 Å². The molecular weight excluding hydrogens is 259 g/mol. The molecule has 1 aromatic carbocycles.